The normalized spacial score (nSPS) is 24.6. The second-order valence-electron chi connectivity index (χ2n) is 5.47. The third kappa shape index (κ3) is 3.04. The fourth-order valence-electron chi connectivity index (χ4n) is 2.61. The summed E-state index contributed by atoms with van der Waals surface area (Å²) < 4.78 is 0. The molecule has 24 heavy (non-hydrogen) atoms. The lowest BCUT2D eigenvalue weighted by Gasteiger charge is -2.32. The predicted molar refractivity (Wildman–Crippen MR) is 75.7 cm³/mol. The van der Waals surface area contributed by atoms with Crippen LogP contribution in [0.1, 0.15) is 12.8 Å². The van der Waals surface area contributed by atoms with Crippen LogP contribution in [0, 0.1) is 5.92 Å². The summed E-state index contributed by atoms with van der Waals surface area (Å²) in [5.74, 6) is -7.52. The lowest BCUT2D eigenvalue weighted by Crippen LogP contribution is -2.48. The number of carbonyl (C=O) groups excluding carboxylic acids is 2. The van der Waals surface area contributed by atoms with Crippen LogP contribution in [-0.4, -0.2) is 56.9 Å². The Labute approximate surface area is 134 Å². The standard InChI is InChI=1S/C14H14N2O8/c15-7(13(21)22)2-4-1-5-6(12(19)20)3-8(14(23)24)16-9(5)11(18)10(4)17/h1,6-8,16H,2-3,15H2,(H,19,20)(H,21,22)(H,23,24). The number of carbonyl (C=O) groups is 5. The van der Waals surface area contributed by atoms with Gasteiger partial charge in [0.15, 0.2) is 0 Å². The summed E-state index contributed by atoms with van der Waals surface area (Å²) in [4.78, 5) is 57.5. The van der Waals surface area contributed by atoms with E-state index in [0.29, 0.717) is 0 Å². The average Bonchev–Trinajstić information content (AvgIpc) is 2.50. The van der Waals surface area contributed by atoms with Gasteiger partial charge in [-0.1, -0.05) is 0 Å². The van der Waals surface area contributed by atoms with Gasteiger partial charge in [0, 0.05) is 12.0 Å². The highest BCUT2D eigenvalue weighted by atomic mass is 16.4. The van der Waals surface area contributed by atoms with Gasteiger partial charge in [-0.2, -0.15) is 0 Å². The van der Waals surface area contributed by atoms with E-state index in [1.807, 2.05) is 0 Å². The quantitative estimate of drug-likeness (QED) is 0.285. The van der Waals surface area contributed by atoms with E-state index in [9.17, 15) is 29.1 Å². The molecule has 0 spiro atoms. The number of aliphatic carboxylic acids is 3. The van der Waals surface area contributed by atoms with Crippen molar-refractivity contribution in [3.63, 3.8) is 0 Å². The van der Waals surface area contributed by atoms with Crippen LogP contribution >= 0.6 is 0 Å². The average molecular weight is 338 g/mol. The first-order chi connectivity index (χ1) is 11.1. The van der Waals surface area contributed by atoms with Crippen molar-refractivity contribution in [1.29, 1.82) is 0 Å². The van der Waals surface area contributed by atoms with Gasteiger partial charge in [-0.25, -0.2) is 4.79 Å². The first kappa shape index (κ1) is 17.3. The minimum absolute atomic E-state index is 0.0443. The molecule has 10 nitrogen and oxygen atoms in total. The highest BCUT2D eigenvalue weighted by Crippen LogP contribution is 2.32. The summed E-state index contributed by atoms with van der Waals surface area (Å²) in [5, 5.41) is 29.5. The molecule has 6 N–H and O–H groups in total. The number of carboxylic acid groups (broad SMARTS) is 3. The van der Waals surface area contributed by atoms with E-state index in [1.165, 1.54) is 0 Å². The van der Waals surface area contributed by atoms with Crippen molar-refractivity contribution in [3.05, 3.63) is 22.9 Å². The van der Waals surface area contributed by atoms with Crippen LogP contribution in [0.5, 0.6) is 0 Å². The highest BCUT2D eigenvalue weighted by Gasteiger charge is 2.42. The molecule has 0 radical (unpaired) electrons. The number of hydrogen-bond donors (Lipinski definition) is 5. The van der Waals surface area contributed by atoms with E-state index in [4.69, 9.17) is 15.9 Å². The molecule has 1 aliphatic heterocycles. The van der Waals surface area contributed by atoms with E-state index < -0.39 is 53.9 Å². The van der Waals surface area contributed by atoms with E-state index >= 15 is 0 Å². The van der Waals surface area contributed by atoms with Crippen molar-refractivity contribution in [2.75, 3.05) is 0 Å². The topological polar surface area (TPSA) is 184 Å². The molecule has 0 saturated carbocycles. The molecular weight excluding hydrogens is 324 g/mol. The Bertz CT molecular complexity index is 720. The fourth-order valence-corrected chi connectivity index (χ4v) is 2.61. The molecule has 0 aromatic heterocycles. The van der Waals surface area contributed by atoms with Crippen LogP contribution in [0.4, 0.5) is 0 Å². The van der Waals surface area contributed by atoms with Crippen LogP contribution in [0.3, 0.4) is 0 Å². The zero-order chi connectivity index (χ0) is 18.2. The van der Waals surface area contributed by atoms with E-state index in [2.05, 4.69) is 5.32 Å². The predicted octanol–water partition coefficient (Wildman–Crippen LogP) is -1.73. The molecule has 0 fully saturated rings. The van der Waals surface area contributed by atoms with Crippen molar-refractivity contribution >= 4 is 29.5 Å². The van der Waals surface area contributed by atoms with Crippen LogP contribution < -0.4 is 11.1 Å². The Morgan fingerprint density at radius 1 is 1.17 bits per heavy atom. The Morgan fingerprint density at radius 3 is 2.29 bits per heavy atom. The van der Waals surface area contributed by atoms with Crippen LogP contribution in [0.15, 0.2) is 22.9 Å². The van der Waals surface area contributed by atoms with Crippen molar-refractivity contribution < 1.29 is 39.3 Å². The lowest BCUT2D eigenvalue weighted by molar-refractivity contribution is -0.144. The molecule has 1 aliphatic carbocycles. The SMILES string of the molecule is NC(CC1=CC2=C(NC(C(=O)O)CC2C(=O)O)C(=O)C1=O)C(=O)O. The van der Waals surface area contributed by atoms with Gasteiger partial charge in [-0.05, 0) is 18.1 Å². The molecule has 3 unspecified atom stereocenters. The molecule has 10 heteroatoms. The van der Waals surface area contributed by atoms with Gasteiger partial charge >= 0.3 is 17.9 Å². The number of allylic oxidation sites excluding steroid dienone is 2. The Hall–Kier alpha value is -3.01. The van der Waals surface area contributed by atoms with Crippen LogP contribution in [-0.2, 0) is 24.0 Å². The second-order valence-corrected chi connectivity index (χ2v) is 5.47. The van der Waals surface area contributed by atoms with Gasteiger partial charge in [0.25, 0.3) is 0 Å². The third-order valence-corrected chi connectivity index (χ3v) is 3.86. The Morgan fingerprint density at radius 2 is 1.79 bits per heavy atom. The molecule has 3 atom stereocenters. The van der Waals surface area contributed by atoms with Gasteiger partial charge in [-0.3, -0.25) is 19.2 Å². The Balaban J connectivity index is 2.48. The molecular formula is C14H14N2O8. The van der Waals surface area contributed by atoms with Crippen LogP contribution in [0.25, 0.3) is 0 Å². The monoisotopic (exact) mass is 338 g/mol. The second kappa shape index (κ2) is 6.24. The zero-order valence-electron chi connectivity index (χ0n) is 12.2. The molecule has 2 aliphatic rings. The summed E-state index contributed by atoms with van der Waals surface area (Å²) in [7, 11) is 0. The summed E-state index contributed by atoms with van der Waals surface area (Å²) in [6.45, 7) is 0. The molecule has 0 aromatic carbocycles. The molecule has 0 aromatic rings. The third-order valence-electron chi connectivity index (χ3n) is 3.86. The Kier molecular flexibility index (Phi) is 4.51. The minimum atomic E-state index is -1.43. The van der Waals surface area contributed by atoms with Gasteiger partial charge in [-0.15, -0.1) is 0 Å². The van der Waals surface area contributed by atoms with Crippen molar-refractivity contribution in [3.8, 4) is 0 Å². The van der Waals surface area contributed by atoms with Crippen molar-refractivity contribution in [2.24, 2.45) is 11.7 Å². The lowest BCUT2D eigenvalue weighted by atomic mass is 9.79. The number of rotatable bonds is 5. The molecule has 0 saturated heterocycles. The van der Waals surface area contributed by atoms with Crippen LogP contribution in [0.2, 0.25) is 0 Å². The van der Waals surface area contributed by atoms with Gasteiger partial charge < -0.3 is 26.4 Å². The fraction of sp³-hybridized carbons (Fsp3) is 0.357. The van der Waals surface area contributed by atoms with Crippen molar-refractivity contribution in [2.45, 2.75) is 24.9 Å². The molecule has 0 bridgehead atoms. The molecule has 0 amide bonds. The van der Waals surface area contributed by atoms with E-state index in [0.717, 1.165) is 6.08 Å². The molecule has 128 valence electrons. The number of carboxylic acids is 3. The summed E-state index contributed by atoms with van der Waals surface area (Å²) in [6.07, 6.45) is 0.358. The number of ketones is 2. The smallest absolute Gasteiger partial charge is 0.326 e. The number of Topliss-reactive ketones (excluding diaryl/α,β-unsaturated/α-hetero) is 2. The maximum absolute atomic E-state index is 12.2. The first-order valence-electron chi connectivity index (χ1n) is 6.87. The summed E-state index contributed by atoms with van der Waals surface area (Å²) in [6, 6.07) is -2.75. The summed E-state index contributed by atoms with van der Waals surface area (Å²) in [5.41, 5.74) is 4.72. The molecule has 1 heterocycles. The van der Waals surface area contributed by atoms with Gasteiger partial charge in [0.05, 0.1) is 11.6 Å². The first-order valence-corrected chi connectivity index (χ1v) is 6.87. The van der Waals surface area contributed by atoms with E-state index in [1.54, 1.807) is 0 Å². The largest absolute Gasteiger partial charge is 0.481 e. The van der Waals surface area contributed by atoms with Gasteiger partial charge in [0.1, 0.15) is 12.1 Å². The number of hydrogen-bond acceptors (Lipinski definition) is 7. The van der Waals surface area contributed by atoms with Gasteiger partial charge in [0.2, 0.25) is 11.6 Å². The summed E-state index contributed by atoms with van der Waals surface area (Å²) >= 11 is 0. The maximum atomic E-state index is 12.2. The molecule has 2 rings (SSSR count). The number of nitrogens with one attached hydrogen (secondary N) is 1. The maximum Gasteiger partial charge on any atom is 0.326 e. The van der Waals surface area contributed by atoms with E-state index in [-0.39, 0.29) is 23.3 Å². The minimum Gasteiger partial charge on any atom is -0.481 e. The van der Waals surface area contributed by atoms with Crippen molar-refractivity contribution in [1.82, 2.24) is 5.32 Å². The zero-order valence-corrected chi connectivity index (χ0v) is 12.2. The number of nitrogens with two attached hydrogens (primary N) is 1. The highest BCUT2D eigenvalue weighted by molar-refractivity contribution is 6.50.